The number of benzene rings is 2. The van der Waals surface area contributed by atoms with Gasteiger partial charge >= 0.3 is 0 Å². The van der Waals surface area contributed by atoms with Crippen LogP contribution >= 0.6 is 15.9 Å². The van der Waals surface area contributed by atoms with E-state index in [1.54, 1.807) is 6.07 Å². The van der Waals surface area contributed by atoms with Gasteiger partial charge in [-0.2, -0.15) is 0 Å². The molecule has 0 bridgehead atoms. The Balaban J connectivity index is 2.38. The van der Waals surface area contributed by atoms with Crippen molar-refractivity contribution in [1.82, 2.24) is 0 Å². The molecule has 0 aliphatic heterocycles. The summed E-state index contributed by atoms with van der Waals surface area (Å²) in [4.78, 5) is 0. The summed E-state index contributed by atoms with van der Waals surface area (Å²) in [6.07, 6.45) is 0. The van der Waals surface area contributed by atoms with Gasteiger partial charge in [0.25, 0.3) is 0 Å². The van der Waals surface area contributed by atoms with Crippen molar-refractivity contribution >= 4 is 15.9 Å². The fourth-order valence-corrected chi connectivity index (χ4v) is 1.93. The van der Waals surface area contributed by atoms with Crippen LogP contribution in [-0.2, 0) is 6.54 Å². The van der Waals surface area contributed by atoms with Gasteiger partial charge in [-0.1, -0.05) is 28.1 Å². The largest absolute Gasteiger partial charge is 0.457 e. The molecular formula is C14H13BrFNO. The molecule has 0 saturated carbocycles. The highest BCUT2D eigenvalue weighted by Crippen LogP contribution is 2.30. The minimum absolute atomic E-state index is 0.320. The van der Waals surface area contributed by atoms with Gasteiger partial charge in [0.1, 0.15) is 17.3 Å². The Morgan fingerprint density at radius 2 is 1.94 bits per heavy atom. The van der Waals surface area contributed by atoms with Crippen LogP contribution in [0.3, 0.4) is 0 Å². The quantitative estimate of drug-likeness (QED) is 0.924. The average Bonchev–Trinajstić information content (AvgIpc) is 2.34. The van der Waals surface area contributed by atoms with Crippen molar-refractivity contribution in [2.75, 3.05) is 0 Å². The number of aryl methyl sites for hydroxylation is 1. The Morgan fingerprint density at radius 3 is 2.67 bits per heavy atom. The fraction of sp³-hybridized carbons (Fsp3) is 0.143. The predicted octanol–water partition coefficient (Wildman–Crippen LogP) is 4.15. The molecule has 0 fully saturated rings. The van der Waals surface area contributed by atoms with Gasteiger partial charge in [0.05, 0.1) is 0 Å². The maximum atomic E-state index is 13.2. The van der Waals surface area contributed by atoms with Crippen molar-refractivity contribution < 1.29 is 9.13 Å². The lowest BCUT2D eigenvalue weighted by Gasteiger charge is -2.12. The zero-order chi connectivity index (χ0) is 13.1. The van der Waals surface area contributed by atoms with E-state index in [-0.39, 0.29) is 5.82 Å². The van der Waals surface area contributed by atoms with Gasteiger partial charge in [-0.3, -0.25) is 0 Å². The van der Waals surface area contributed by atoms with Crippen molar-refractivity contribution in [3.05, 3.63) is 57.8 Å². The number of nitrogens with two attached hydrogens (primary N) is 1. The minimum Gasteiger partial charge on any atom is -0.457 e. The second-order valence-corrected chi connectivity index (χ2v) is 4.88. The molecule has 94 valence electrons. The molecule has 0 heterocycles. The molecule has 0 aromatic heterocycles. The maximum Gasteiger partial charge on any atom is 0.133 e. The third-order valence-electron chi connectivity index (χ3n) is 2.62. The van der Waals surface area contributed by atoms with Crippen molar-refractivity contribution in [3.8, 4) is 11.5 Å². The molecule has 0 spiro atoms. The van der Waals surface area contributed by atoms with E-state index in [1.807, 2.05) is 25.1 Å². The molecule has 0 radical (unpaired) electrons. The highest BCUT2D eigenvalue weighted by atomic mass is 79.9. The van der Waals surface area contributed by atoms with Crippen LogP contribution in [0.2, 0.25) is 0 Å². The molecule has 0 saturated heterocycles. The maximum absolute atomic E-state index is 13.2. The lowest BCUT2D eigenvalue weighted by atomic mass is 10.2. The van der Waals surface area contributed by atoms with Crippen LogP contribution in [0.25, 0.3) is 0 Å². The Labute approximate surface area is 114 Å². The summed E-state index contributed by atoms with van der Waals surface area (Å²) in [6.45, 7) is 2.24. The Hall–Kier alpha value is -1.39. The Morgan fingerprint density at radius 1 is 1.17 bits per heavy atom. The summed E-state index contributed by atoms with van der Waals surface area (Å²) in [6, 6.07) is 10.1. The van der Waals surface area contributed by atoms with Crippen molar-refractivity contribution in [2.45, 2.75) is 13.5 Å². The molecule has 2 N–H and O–H groups in total. The van der Waals surface area contributed by atoms with Crippen LogP contribution in [0.5, 0.6) is 11.5 Å². The Kier molecular flexibility index (Phi) is 3.99. The van der Waals surface area contributed by atoms with E-state index in [9.17, 15) is 4.39 Å². The molecule has 0 unspecified atom stereocenters. The third-order valence-corrected chi connectivity index (χ3v) is 3.11. The summed E-state index contributed by atoms with van der Waals surface area (Å²) >= 11 is 3.38. The molecular weight excluding hydrogens is 297 g/mol. The monoisotopic (exact) mass is 309 g/mol. The van der Waals surface area contributed by atoms with Gasteiger partial charge in [-0.25, -0.2) is 4.39 Å². The van der Waals surface area contributed by atoms with Crippen LogP contribution in [-0.4, -0.2) is 0 Å². The minimum atomic E-state index is -0.320. The zero-order valence-electron chi connectivity index (χ0n) is 9.91. The summed E-state index contributed by atoms with van der Waals surface area (Å²) in [5.41, 5.74) is 7.40. The third kappa shape index (κ3) is 2.89. The summed E-state index contributed by atoms with van der Waals surface area (Å²) < 4.78 is 19.8. The number of rotatable bonds is 3. The van der Waals surface area contributed by atoms with Crippen LogP contribution in [0.4, 0.5) is 4.39 Å². The molecule has 2 rings (SSSR count). The van der Waals surface area contributed by atoms with Crippen LogP contribution in [0, 0.1) is 12.7 Å². The lowest BCUT2D eigenvalue weighted by molar-refractivity contribution is 0.467. The van der Waals surface area contributed by atoms with E-state index in [0.717, 1.165) is 15.6 Å². The second kappa shape index (κ2) is 5.50. The predicted molar refractivity (Wildman–Crippen MR) is 73.2 cm³/mol. The molecule has 2 aromatic rings. The van der Waals surface area contributed by atoms with Crippen molar-refractivity contribution in [3.63, 3.8) is 0 Å². The summed E-state index contributed by atoms with van der Waals surface area (Å²) in [5, 5.41) is 0. The molecule has 2 aromatic carbocycles. The van der Waals surface area contributed by atoms with Crippen LogP contribution < -0.4 is 10.5 Å². The number of halogens is 2. The zero-order valence-corrected chi connectivity index (χ0v) is 11.5. The van der Waals surface area contributed by atoms with Gasteiger partial charge < -0.3 is 10.5 Å². The smallest absolute Gasteiger partial charge is 0.133 e. The first-order valence-electron chi connectivity index (χ1n) is 5.52. The molecule has 0 amide bonds. The second-order valence-electron chi connectivity index (χ2n) is 3.97. The molecule has 0 aliphatic rings. The lowest BCUT2D eigenvalue weighted by Crippen LogP contribution is -2.00. The van der Waals surface area contributed by atoms with Gasteiger partial charge in [0.2, 0.25) is 0 Å². The Bertz CT molecular complexity index is 572. The molecule has 0 aliphatic carbocycles. The first-order chi connectivity index (χ1) is 8.60. The van der Waals surface area contributed by atoms with Gasteiger partial charge in [0.15, 0.2) is 0 Å². The fourth-order valence-electron chi connectivity index (χ4n) is 1.59. The van der Waals surface area contributed by atoms with E-state index >= 15 is 0 Å². The first-order valence-corrected chi connectivity index (χ1v) is 6.32. The molecule has 18 heavy (non-hydrogen) atoms. The van der Waals surface area contributed by atoms with Crippen LogP contribution in [0.1, 0.15) is 11.1 Å². The van der Waals surface area contributed by atoms with E-state index in [2.05, 4.69) is 15.9 Å². The SMILES string of the molecule is Cc1ccc(F)cc1Oc1cc(Br)ccc1CN. The van der Waals surface area contributed by atoms with Gasteiger partial charge in [-0.15, -0.1) is 0 Å². The van der Waals surface area contributed by atoms with Gasteiger partial charge in [-0.05, 0) is 30.7 Å². The standard InChI is InChI=1S/C14H13BrFNO/c1-9-2-5-12(16)7-13(9)18-14-6-11(15)4-3-10(14)8-17/h2-7H,8,17H2,1H3. The normalized spacial score (nSPS) is 10.4. The van der Waals surface area contributed by atoms with E-state index in [1.165, 1.54) is 12.1 Å². The van der Waals surface area contributed by atoms with Gasteiger partial charge in [0, 0.05) is 22.6 Å². The molecule has 0 atom stereocenters. The molecule has 2 nitrogen and oxygen atoms in total. The first kappa shape index (κ1) is 13.1. The van der Waals surface area contributed by atoms with Crippen molar-refractivity contribution in [1.29, 1.82) is 0 Å². The van der Waals surface area contributed by atoms with Crippen molar-refractivity contribution in [2.24, 2.45) is 5.73 Å². The highest BCUT2D eigenvalue weighted by Gasteiger charge is 2.07. The molecule has 4 heteroatoms. The number of hydrogen-bond acceptors (Lipinski definition) is 2. The summed E-state index contributed by atoms with van der Waals surface area (Å²) in [5.74, 6) is 0.822. The average molecular weight is 310 g/mol. The topological polar surface area (TPSA) is 35.2 Å². The number of hydrogen-bond donors (Lipinski definition) is 1. The van der Waals surface area contributed by atoms with Crippen LogP contribution in [0.15, 0.2) is 40.9 Å². The number of ether oxygens (including phenoxy) is 1. The van der Waals surface area contributed by atoms with E-state index < -0.39 is 0 Å². The van der Waals surface area contributed by atoms with E-state index in [4.69, 9.17) is 10.5 Å². The summed E-state index contributed by atoms with van der Waals surface area (Å²) in [7, 11) is 0. The van der Waals surface area contributed by atoms with E-state index in [0.29, 0.717) is 18.0 Å². The highest BCUT2D eigenvalue weighted by molar-refractivity contribution is 9.10.